The van der Waals surface area contributed by atoms with Crippen LogP contribution in [0, 0.1) is 13.8 Å². The third kappa shape index (κ3) is 5.38. The van der Waals surface area contributed by atoms with Crippen LogP contribution in [-0.4, -0.2) is 42.0 Å². The second kappa shape index (κ2) is 9.83. The molecule has 33 heavy (non-hydrogen) atoms. The van der Waals surface area contributed by atoms with E-state index < -0.39 is 12.1 Å². The van der Waals surface area contributed by atoms with Crippen molar-refractivity contribution in [2.75, 3.05) is 13.1 Å². The maximum Gasteiger partial charge on any atom is 0.315 e. The van der Waals surface area contributed by atoms with Crippen LogP contribution in [0.4, 0.5) is 4.79 Å². The molecule has 4 N–H and O–H groups in total. The molecule has 170 valence electrons. The van der Waals surface area contributed by atoms with Crippen LogP contribution in [0.1, 0.15) is 31.8 Å². The van der Waals surface area contributed by atoms with Gasteiger partial charge in [0.25, 0.3) is 5.91 Å². The molecule has 2 aromatic carbocycles. The Morgan fingerprint density at radius 1 is 1.12 bits per heavy atom. The molecule has 1 aromatic heterocycles. The molecule has 1 aliphatic rings. The molecule has 1 unspecified atom stereocenters. The van der Waals surface area contributed by atoms with Crippen LogP contribution in [0.25, 0.3) is 11.3 Å². The number of carbonyl (C=O) groups excluding carboxylic acids is 3. The van der Waals surface area contributed by atoms with Gasteiger partial charge in [0.2, 0.25) is 5.91 Å². The zero-order valence-corrected chi connectivity index (χ0v) is 19.2. The highest BCUT2D eigenvalue weighted by molar-refractivity contribution is 7.14. The van der Waals surface area contributed by atoms with E-state index in [0.29, 0.717) is 10.6 Å². The summed E-state index contributed by atoms with van der Waals surface area (Å²) in [5, 5.41) is 11.9. The number of nitrogens with zero attached hydrogens (tertiary/aromatic N) is 1. The fraction of sp³-hybridized carbons (Fsp3) is 0.250. The second-order valence-corrected chi connectivity index (χ2v) is 9.07. The number of benzene rings is 2. The minimum Gasteiger partial charge on any atom is -0.349 e. The van der Waals surface area contributed by atoms with Gasteiger partial charge >= 0.3 is 6.03 Å². The normalized spacial score (nSPS) is 15.9. The Labute approximate surface area is 195 Å². The Hall–Kier alpha value is -3.72. The number of urea groups is 1. The lowest BCUT2D eigenvalue weighted by Crippen LogP contribution is -2.46. The predicted molar refractivity (Wildman–Crippen MR) is 127 cm³/mol. The molecule has 9 heteroatoms. The van der Waals surface area contributed by atoms with Crippen molar-refractivity contribution in [2.24, 2.45) is 0 Å². The molecule has 1 saturated heterocycles. The fourth-order valence-corrected chi connectivity index (χ4v) is 4.44. The first kappa shape index (κ1) is 22.5. The molecule has 0 radical (unpaired) electrons. The van der Waals surface area contributed by atoms with Crippen molar-refractivity contribution in [1.29, 1.82) is 0 Å². The number of aryl methyl sites for hydroxylation is 2. The summed E-state index contributed by atoms with van der Waals surface area (Å²) in [6.07, 6.45) is 0. The Balaban J connectivity index is 1.51. The summed E-state index contributed by atoms with van der Waals surface area (Å²) in [7, 11) is 0. The molecule has 1 fully saturated rings. The first-order chi connectivity index (χ1) is 15.9. The molecule has 0 aliphatic carbocycles. The highest BCUT2D eigenvalue weighted by Crippen LogP contribution is 2.28. The van der Waals surface area contributed by atoms with E-state index in [2.05, 4.69) is 26.3 Å². The molecule has 0 saturated carbocycles. The summed E-state index contributed by atoms with van der Waals surface area (Å²) in [6.45, 7) is 4.26. The molecule has 1 aliphatic heterocycles. The Morgan fingerprint density at radius 3 is 2.52 bits per heavy atom. The van der Waals surface area contributed by atoms with Crippen molar-refractivity contribution in [3.05, 3.63) is 75.6 Å². The van der Waals surface area contributed by atoms with Crippen LogP contribution in [0.2, 0.25) is 0 Å². The van der Waals surface area contributed by atoms with Crippen molar-refractivity contribution in [1.82, 2.24) is 26.3 Å². The Bertz CT molecular complexity index is 1160. The van der Waals surface area contributed by atoms with Crippen LogP contribution < -0.4 is 21.3 Å². The molecular weight excluding hydrogens is 438 g/mol. The minimum absolute atomic E-state index is 0.187. The SMILES string of the molecule is Cc1ccc(C(CNC(=O)c2sc(C)nc2-c2ccccc2)NC(=O)[C@@H]2CNC(=O)N2)cc1. The molecule has 2 heterocycles. The number of nitrogens with one attached hydrogen (secondary N) is 4. The highest BCUT2D eigenvalue weighted by Gasteiger charge is 2.29. The van der Waals surface area contributed by atoms with Gasteiger partial charge in [-0.3, -0.25) is 9.59 Å². The molecule has 4 amide bonds. The van der Waals surface area contributed by atoms with Gasteiger partial charge < -0.3 is 21.3 Å². The molecule has 0 spiro atoms. The zero-order valence-electron chi connectivity index (χ0n) is 18.3. The van der Waals surface area contributed by atoms with E-state index in [0.717, 1.165) is 21.7 Å². The summed E-state index contributed by atoms with van der Waals surface area (Å²) in [4.78, 5) is 42.3. The van der Waals surface area contributed by atoms with Gasteiger partial charge in [0.1, 0.15) is 10.9 Å². The number of aromatic nitrogens is 1. The topological polar surface area (TPSA) is 112 Å². The molecule has 8 nitrogen and oxygen atoms in total. The average Bonchev–Trinajstić information content (AvgIpc) is 3.43. The van der Waals surface area contributed by atoms with Crippen molar-refractivity contribution in [3.63, 3.8) is 0 Å². The molecule has 3 aromatic rings. The minimum atomic E-state index is -0.657. The van der Waals surface area contributed by atoms with E-state index >= 15 is 0 Å². The van der Waals surface area contributed by atoms with Gasteiger partial charge in [0, 0.05) is 18.7 Å². The maximum absolute atomic E-state index is 13.1. The Kier molecular flexibility index (Phi) is 6.69. The maximum atomic E-state index is 13.1. The number of thiazole rings is 1. The van der Waals surface area contributed by atoms with Gasteiger partial charge in [-0.05, 0) is 19.4 Å². The monoisotopic (exact) mass is 463 g/mol. The lowest BCUT2D eigenvalue weighted by atomic mass is 10.0. The van der Waals surface area contributed by atoms with Crippen molar-refractivity contribution in [2.45, 2.75) is 25.9 Å². The number of amides is 4. The number of hydrogen-bond donors (Lipinski definition) is 4. The molecular formula is C24H25N5O3S. The first-order valence-electron chi connectivity index (χ1n) is 10.6. The van der Waals surface area contributed by atoms with E-state index in [-0.39, 0.29) is 30.9 Å². The average molecular weight is 464 g/mol. The van der Waals surface area contributed by atoms with Gasteiger partial charge in [-0.1, -0.05) is 60.2 Å². The van der Waals surface area contributed by atoms with E-state index in [1.165, 1.54) is 11.3 Å². The molecule has 4 rings (SSSR count). The van der Waals surface area contributed by atoms with Crippen molar-refractivity contribution < 1.29 is 14.4 Å². The number of hydrogen-bond acceptors (Lipinski definition) is 5. The van der Waals surface area contributed by atoms with E-state index in [1.807, 2.05) is 68.4 Å². The van der Waals surface area contributed by atoms with E-state index in [9.17, 15) is 14.4 Å². The molecule has 2 atom stereocenters. The summed E-state index contributed by atoms with van der Waals surface area (Å²) >= 11 is 1.34. The summed E-state index contributed by atoms with van der Waals surface area (Å²) < 4.78 is 0. The predicted octanol–water partition coefficient (Wildman–Crippen LogP) is 2.70. The van der Waals surface area contributed by atoms with Crippen LogP contribution in [-0.2, 0) is 4.79 Å². The van der Waals surface area contributed by atoms with Gasteiger partial charge in [0.15, 0.2) is 0 Å². The van der Waals surface area contributed by atoms with Gasteiger partial charge in [-0.15, -0.1) is 11.3 Å². The van der Waals surface area contributed by atoms with E-state index in [1.54, 1.807) is 0 Å². The van der Waals surface area contributed by atoms with Gasteiger partial charge in [-0.2, -0.15) is 0 Å². The van der Waals surface area contributed by atoms with Crippen LogP contribution in [0.5, 0.6) is 0 Å². The summed E-state index contributed by atoms with van der Waals surface area (Å²) in [5.74, 6) is -0.562. The third-order valence-electron chi connectivity index (χ3n) is 5.34. The van der Waals surface area contributed by atoms with E-state index in [4.69, 9.17) is 0 Å². The van der Waals surface area contributed by atoms with Crippen molar-refractivity contribution >= 4 is 29.2 Å². The summed E-state index contributed by atoms with van der Waals surface area (Å²) in [6, 6.07) is 15.8. The quantitative estimate of drug-likeness (QED) is 0.432. The third-order valence-corrected chi connectivity index (χ3v) is 6.31. The highest BCUT2D eigenvalue weighted by atomic mass is 32.1. The molecule has 0 bridgehead atoms. The largest absolute Gasteiger partial charge is 0.349 e. The van der Waals surface area contributed by atoms with Crippen LogP contribution in [0.3, 0.4) is 0 Å². The first-order valence-corrected chi connectivity index (χ1v) is 11.4. The Morgan fingerprint density at radius 2 is 1.85 bits per heavy atom. The summed E-state index contributed by atoms with van der Waals surface area (Å²) in [5.41, 5.74) is 3.47. The number of rotatable bonds is 7. The smallest absolute Gasteiger partial charge is 0.315 e. The number of carbonyl (C=O) groups is 3. The fourth-order valence-electron chi connectivity index (χ4n) is 3.58. The lowest BCUT2D eigenvalue weighted by Gasteiger charge is -2.22. The van der Waals surface area contributed by atoms with Gasteiger partial charge in [0.05, 0.1) is 16.7 Å². The zero-order chi connectivity index (χ0) is 23.4. The standard InChI is InChI=1S/C24H25N5O3S/c1-14-8-10-16(11-9-14)18(28-22(30)19-13-26-24(32)29-19)12-25-23(31)21-20(27-15(2)33-21)17-6-4-3-5-7-17/h3-11,18-19H,12-13H2,1-2H3,(H,25,31)(H,28,30)(H2,26,29,32)/t18?,19-/m0/s1. The lowest BCUT2D eigenvalue weighted by molar-refractivity contribution is -0.123. The van der Waals surface area contributed by atoms with Crippen molar-refractivity contribution in [3.8, 4) is 11.3 Å². The van der Waals surface area contributed by atoms with Gasteiger partial charge in [-0.25, -0.2) is 9.78 Å². The van der Waals surface area contributed by atoms with Crippen LogP contribution in [0.15, 0.2) is 54.6 Å². The second-order valence-electron chi connectivity index (χ2n) is 7.87. The van der Waals surface area contributed by atoms with Crippen LogP contribution >= 0.6 is 11.3 Å².